The van der Waals surface area contributed by atoms with Crippen LogP contribution < -0.4 is 0 Å². The number of nitrogens with zero attached hydrogens (tertiary/aromatic N) is 1. The average molecular weight is 188 g/mol. The van der Waals surface area contributed by atoms with Gasteiger partial charge in [0, 0.05) is 11.9 Å². The van der Waals surface area contributed by atoms with Gasteiger partial charge in [0.2, 0.25) is 0 Å². The van der Waals surface area contributed by atoms with Gasteiger partial charge in [0.1, 0.15) is 0 Å². The molecule has 0 radical (unpaired) electrons. The molecule has 2 nitrogen and oxygen atoms in total. The molecule has 0 aliphatic heterocycles. The summed E-state index contributed by atoms with van der Waals surface area (Å²) in [6, 6.07) is 4.08. The Labute approximate surface area is 84.4 Å². The lowest BCUT2D eigenvalue weighted by molar-refractivity contribution is 0.898. The molecular weight excluding hydrogens is 172 g/mol. The maximum absolute atomic E-state index is 4.44. The van der Waals surface area contributed by atoms with E-state index in [0.717, 1.165) is 18.4 Å². The van der Waals surface area contributed by atoms with Crippen LogP contribution in [-0.2, 0) is 12.8 Å². The molecule has 2 rings (SSSR count). The van der Waals surface area contributed by atoms with Gasteiger partial charge in [0.15, 0.2) is 0 Å². The van der Waals surface area contributed by atoms with Crippen LogP contribution in [0.25, 0.3) is 11.0 Å². The zero-order valence-corrected chi connectivity index (χ0v) is 8.80. The maximum Gasteiger partial charge on any atom is 0.0913 e. The molecule has 0 aromatic carbocycles. The molecule has 2 aromatic rings. The number of H-pyrrole nitrogens is 1. The summed E-state index contributed by atoms with van der Waals surface area (Å²) in [5.41, 5.74) is 5.09. The number of hydrogen-bond acceptors (Lipinski definition) is 1. The molecule has 0 aliphatic carbocycles. The molecular formula is C12H16N2. The standard InChI is InChI=1S/C12H16N2/c1-3-6-9-10(4-2)14-11-7-5-8-13-12(9)11/h5,7-8,14H,3-4,6H2,1-2H3. The van der Waals surface area contributed by atoms with E-state index in [2.05, 4.69) is 29.9 Å². The summed E-state index contributed by atoms with van der Waals surface area (Å²) >= 11 is 0. The van der Waals surface area contributed by atoms with Crippen LogP contribution in [0.4, 0.5) is 0 Å². The highest BCUT2D eigenvalue weighted by atomic mass is 14.8. The second-order valence-electron chi connectivity index (χ2n) is 3.59. The number of aromatic nitrogens is 2. The van der Waals surface area contributed by atoms with Gasteiger partial charge in [-0.15, -0.1) is 0 Å². The lowest BCUT2D eigenvalue weighted by Crippen LogP contribution is -1.89. The van der Waals surface area contributed by atoms with Gasteiger partial charge in [-0.2, -0.15) is 0 Å². The van der Waals surface area contributed by atoms with Crippen molar-refractivity contribution in [3.05, 3.63) is 29.6 Å². The smallest absolute Gasteiger partial charge is 0.0913 e. The first-order valence-electron chi connectivity index (χ1n) is 5.31. The third-order valence-electron chi connectivity index (χ3n) is 2.60. The van der Waals surface area contributed by atoms with Crippen molar-refractivity contribution in [2.45, 2.75) is 33.1 Å². The topological polar surface area (TPSA) is 28.7 Å². The van der Waals surface area contributed by atoms with E-state index in [1.807, 2.05) is 12.3 Å². The molecule has 0 unspecified atom stereocenters. The molecule has 1 N–H and O–H groups in total. The van der Waals surface area contributed by atoms with Crippen molar-refractivity contribution in [3.63, 3.8) is 0 Å². The van der Waals surface area contributed by atoms with Crippen molar-refractivity contribution in [3.8, 4) is 0 Å². The molecule has 0 atom stereocenters. The zero-order valence-electron chi connectivity index (χ0n) is 8.80. The van der Waals surface area contributed by atoms with E-state index in [1.54, 1.807) is 0 Å². The van der Waals surface area contributed by atoms with Crippen LogP contribution in [0.2, 0.25) is 0 Å². The maximum atomic E-state index is 4.44. The van der Waals surface area contributed by atoms with Gasteiger partial charge in [-0.25, -0.2) is 0 Å². The van der Waals surface area contributed by atoms with E-state index in [-0.39, 0.29) is 0 Å². The molecule has 2 aromatic heterocycles. The van der Waals surface area contributed by atoms with Gasteiger partial charge in [-0.1, -0.05) is 20.3 Å². The molecule has 0 saturated heterocycles. The first-order chi connectivity index (χ1) is 6.86. The molecule has 2 heteroatoms. The molecule has 74 valence electrons. The number of aromatic amines is 1. The Morgan fingerprint density at radius 3 is 2.93 bits per heavy atom. The molecule has 0 aliphatic rings. The van der Waals surface area contributed by atoms with E-state index < -0.39 is 0 Å². The second kappa shape index (κ2) is 3.82. The van der Waals surface area contributed by atoms with Gasteiger partial charge in [0.05, 0.1) is 11.0 Å². The largest absolute Gasteiger partial charge is 0.357 e. The fraction of sp³-hybridized carbons (Fsp3) is 0.417. The second-order valence-corrected chi connectivity index (χ2v) is 3.59. The Morgan fingerprint density at radius 2 is 2.21 bits per heavy atom. The Morgan fingerprint density at radius 1 is 1.36 bits per heavy atom. The highest BCUT2D eigenvalue weighted by Gasteiger charge is 2.09. The Balaban J connectivity index is 2.61. The fourth-order valence-corrected chi connectivity index (χ4v) is 1.95. The average Bonchev–Trinajstić information content (AvgIpc) is 2.58. The zero-order chi connectivity index (χ0) is 9.97. The summed E-state index contributed by atoms with van der Waals surface area (Å²) in [5.74, 6) is 0. The number of nitrogens with one attached hydrogen (secondary N) is 1. The van der Waals surface area contributed by atoms with Crippen molar-refractivity contribution in [1.82, 2.24) is 9.97 Å². The molecule has 0 bridgehead atoms. The number of aryl methyl sites for hydroxylation is 2. The van der Waals surface area contributed by atoms with Crippen molar-refractivity contribution >= 4 is 11.0 Å². The lowest BCUT2D eigenvalue weighted by atomic mass is 10.1. The summed E-state index contributed by atoms with van der Waals surface area (Å²) in [6.45, 7) is 4.39. The Bertz CT molecular complexity index is 429. The van der Waals surface area contributed by atoms with E-state index in [0.29, 0.717) is 0 Å². The Kier molecular flexibility index (Phi) is 2.53. The van der Waals surface area contributed by atoms with Gasteiger partial charge in [0.25, 0.3) is 0 Å². The summed E-state index contributed by atoms with van der Waals surface area (Å²) in [4.78, 5) is 7.87. The van der Waals surface area contributed by atoms with Crippen LogP contribution >= 0.6 is 0 Å². The molecule has 0 fully saturated rings. The van der Waals surface area contributed by atoms with E-state index in [1.165, 1.54) is 23.2 Å². The van der Waals surface area contributed by atoms with Gasteiger partial charge >= 0.3 is 0 Å². The molecule has 0 spiro atoms. The quantitative estimate of drug-likeness (QED) is 0.787. The Hall–Kier alpha value is -1.31. The van der Waals surface area contributed by atoms with Gasteiger partial charge in [-0.05, 0) is 30.5 Å². The van der Waals surface area contributed by atoms with Crippen molar-refractivity contribution in [2.24, 2.45) is 0 Å². The van der Waals surface area contributed by atoms with Gasteiger partial charge < -0.3 is 4.98 Å². The van der Waals surface area contributed by atoms with Crippen LogP contribution in [0.15, 0.2) is 18.3 Å². The predicted octanol–water partition coefficient (Wildman–Crippen LogP) is 3.08. The first-order valence-corrected chi connectivity index (χ1v) is 5.31. The van der Waals surface area contributed by atoms with Crippen molar-refractivity contribution < 1.29 is 0 Å². The summed E-state index contributed by atoms with van der Waals surface area (Å²) in [6.07, 6.45) is 5.23. The summed E-state index contributed by atoms with van der Waals surface area (Å²) in [5, 5.41) is 0. The van der Waals surface area contributed by atoms with Crippen LogP contribution in [-0.4, -0.2) is 9.97 Å². The number of rotatable bonds is 3. The number of pyridine rings is 1. The normalized spacial score (nSPS) is 11.0. The predicted molar refractivity (Wildman–Crippen MR) is 59.5 cm³/mol. The first kappa shape index (κ1) is 9.25. The van der Waals surface area contributed by atoms with Gasteiger partial charge in [-0.3, -0.25) is 4.98 Å². The van der Waals surface area contributed by atoms with Crippen LogP contribution in [0.3, 0.4) is 0 Å². The fourth-order valence-electron chi connectivity index (χ4n) is 1.95. The van der Waals surface area contributed by atoms with Crippen LogP contribution in [0.1, 0.15) is 31.5 Å². The highest BCUT2D eigenvalue weighted by Crippen LogP contribution is 2.21. The third-order valence-corrected chi connectivity index (χ3v) is 2.60. The van der Waals surface area contributed by atoms with Crippen molar-refractivity contribution in [2.75, 3.05) is 0 Å². The molecule has 0 saturated carbocycles. The summed E-state index contributed by atoms with van der Waals surface area (Å²) < 4.78 is 0. The minimum absolute atomic E-state index is 1.06. The van der Waals surface area contributed by atoms with Crippen LogP contribution in [0, 0.1) is 0 Å². The molecule has 14 heavy (non-hydrogen) atoms. The number of hydrogen-bond donors (Lipinski definition) is 1. The molecule has 0 amide bonds. The SMILES string of the molecule is CCCc1c(CC)[nH]c2cccnc12. The van der Waals surface area contributed by atoms with E-state index >= 15 is 0 Å². The van der Waals surface area contributed by atoms with E-state index in [4.69, 9.17) is 0 Å². The highest BCUT2D eigenvalue weighted by molar-refractivity contribution is 5.80. The monoisotopic (exact) mass is 188 g/mol. The summed E-state index contributed by atoms with van der Waals surface area (Å²) in [7, 11) is 0. The third kappa shape index (κ3) is 1.41. The molecule has 2 heterocycles. The van der Waals surface area contributed by atoms with Crippen molar-refractivity contribution in [1.29, 1.82) is 0 Å². The van der Waals surface area contributed by atoms with E-state index in [9.17, 15) is 0 Å². The minimum Gasteiger partial charge on any atom is -0.357 e. The number of fused-ring (bicyclic) bond motifs is 1. The lowest BCUT2D eigenvalue weighted by Gasteiger charge is -1.98. The van der Waals surface area contributed by atoms with Crippen LogP contribution in [0.5, 0.6) is 0 Å². The minimum atomic E-state index is 1.06.